The molecule has 0 aliphatic carbocycles. The lowest BCUT2D eigenvalue weighted by molar-refractivity contribution is 1.20. The molecule has 0 spiro atoms. The minimum Gasteiger partial charge on any atom is -0.264 e. The Morgan fingerprint density at radius 1 is 1.25 bits per heavy atom. The van der Waals surface area contributed by atoms with E-state index in [4.69, 9.17) is 0 Å². The normalized spacial score (nSPS) is 10.9. The molecule has 1 aromatic rings. The molecule has 0 aliphatic heterocycles. The summed E-state index contributed by atoms with van der Waals surface area (Å²) >= 11 is 0. The molecule has 0 amide bonds. The lowest BCUT2D eigenvalue weighted by Gasteiger charge is -2.02. The van der Waals surface area contributed by atoms with Crippen LogP contribution in [-0.4, -0.2) is 4.98 Å². The molecule has 1 rings (SSSR count). The van der Waals surface area contributed by atoms with Gasteiger partial charge in [-0.15, -0.1) is 0 Å². The Balaban J connectivity index is 3.04. The second-order valence-corrected chi connectivity index (χ2v) is 3.00. The second kappa shape index (κ2) is 4.05. The van der Waals surface area contributed by atoms with Gasteiger partial charge in [-0.25, -0.2) is 0 Å². The summed E-state index contributed by atoms with van der Waals surface area (Å²) in [7, 11) is 0. The Morgan fingerprint density at radius 3 is 2.33 bits per heavy atom. The molecule has 0 saturated heterocycles. The van der Waals surface area contributed by atoms with Crippen molar-refractivity contribution in [3.05, 3.63) is 35.2 Å². The predicted octanol–water partition coefficient (Wildman–Crippen LogP) is 3.12. The molecule has 0 aromatic carbocycles. The van der Waals surface area contributed by atoms with Crippen LogP contribution in [0, 0.1) is 13.8 Å². The molecule has 0 atom stereocenters. The summed E-state index contributed by atoms with van der Waals surface area (Å²) in [6, 6.07) is 0. The molecule has 64 valence electrons. The van der Waals surface area contributed by atoms with Gasteiger partial charge in [0.15, 0.2) is 0 Å². The third-order valence-electron chi connectivity index (χ3n) is 1.91. The number of hydrogen-bond acceptors (Lipinski definition) is 1. The van der Waals surface area contributed by atoms with E-state index in [0.29, 0.717) is 0 Å². The molecule has 0 aliphatic rings. The van der Waals surface area contributed by atoms with E-state index in [1.165, 1.54) is 16.7 Å². The standard InChI is InChI=1S/C11H15N/c1-4-5-6-11-9(2)7-12-8-10(11)3/h5-8H,4H2,1-3H3/b6-5-. The lowest BCUT2D eigenvalue weighted by atomic mass is 10.1. The summed E-state index contributed by atoms with van der Waals surface area (Å²) in [4.78, 5) is 4.12. The molecule has 1 nitrogen and oxygen atoms in total. The molecular weight excluding hydrogens is 146 g/mol. The van der Waals surface area contributed by atoms with Gasteiger partial charge in [0, 0.05) is 12.4 Å². The van der Waals surface area contributed by atoms with E-state index in [-0.39, 0.29) is 0 Å². The summed E-state index contributed by atoms with van der Waals surface area (Å²) < 4.78 is 0. The summed E-state index contributed by atoms with van der Waals surface area (Å²) in [6.45, 7) is 6.33. The van der Waals surface area contributed by atoms with Gasteiger partial charge < -0.3 is 0 Å². The fourth-order valence-electron chi connectivity index (χ4n) is 1.21. The Kier molecular flexibility index (Phi) is 3.03. The zero-order valence-corrected chi connectivity index (χ0v) is 7.96. The molecular formula is C11H15N. The van der Waals surface area contributed by atoms with Crippen LogP contribution < -0.4 is 0 Å². The monoisotopic (exact) mass is 161 g/mol. The van der Waals surface area contributed by atoms with Gasteiger partial charge in [-0.2, -0.15) is 0 Å². The van der Waals surface area contributed by atoms with Gasteiger partial charge in [0.25, 0.3) is 0 Å². The van der Waals surface area contributed by atoms with E-state index in [2.05, 4.69) is 37.9 Å². The molecule has 1 heterocycles. The van der Waals surface area contributed by atoms with Crippen LogP contribution in [0.5, 0.6) is 0 Å². The first-order valence-electron chi connectivity index (χ1n) is 4.33. The largest absolute Gasteiger partial charge is 0.264 e. The summed E-state index contributed by atoms with van der Waals surface area (Å²) in [5.41, 5.74) is 3.81. The van der Waals surface area contributed by atoms with Crippen LogP contribution in [0.2, 0.25) is 0 Å². The summed E-state index contributed by atoms with van der Waals surface area (Å²) in [5, 5.41) is 0. The number of allylic oxidation sites excluding steroid dienone is 1. The van der Waals surface area contributed by atoms with Crippen LogP contribution in [0.1, 0.15) is 30.0 Å². The van der Waals surface area contributed by atoms with E-state index in [1.807, 2.05) is 12.4 Å². The molecule has 0 N–H and O–H groups in total. The SMILES string of the molecule is CC/C=C\c1c(C)cncc1C. The first-order valence-corrected chi connectivity index (χ1v) is 4.33. The summed E-state index contributed by atoms with van der Waals surface area (Å²) in [5.74, 6) is 0. The zero-order chi connectivity index (χ0) is 8.97. The van der Waals surface area contributed by atoms with Crippen molar-refractivity contribution in [1.82, 2.24) is 4.98 Å². The fraction of sp³-hybridized carbons (Fsp3) is 0.364. The highest BCUT2D eigenvalue weighted by atomic mass is 14.6. The number of nitrogens with zero attached hydrogens (tertiary/aromatic N) is 1. The zero-order valence-electron chi connectivity index (χ0n) is 7.96. The van der Waals surface area contributed by atoms with E-state index >= 15 is 0 Å². The second-order valence-electron chi connectivity index (χ2n) is 3.00. The molecule has 0 fully saturated rings. The molecule has 0 saturated carbocycles. The Labute approximate surface area is 74.2 Å². The average molecular weight is 161 g/mol. The lowest BCUT2D eigenvalue weighted by Crippen LogP contribution is -1.87. The van der Waals surface area contributed by atoms with Gasteiger partial charge in [0.2, 0.25) is 0 Å². The average Bonchev–Trinajstić information content (AvgIpc) is 2.04. The van der Waals surface area contributed by atoms with Crippen LogP contribution >= 0.6 is 0 Å². The maximum absolute atomic E-state index is 4.12. The van der Waals surface area contributed by atoms with Crippen molar-refractivity contribution in [2.45, 2.75) is 27.2 Å². The minimum absolute atomic E-state index is 1.08. The van der Waals surface area contributed by atoms with Crippen LogP contribution in [0.4, 0.5) is 0 Å². The van der Waals surface area contributed by atoms with Crippen LogP contribution in [-0.2, 0) is 0 Å². The van der Waals surface area contributed by atoms with Gasteiger partial charge in [-0.05, 0) is 37.0 Å². The van der Waals surface area contributed by atoms with E-state index in [1.54, 1.807) is 0 Å². The first kappa shape index (κ1) is 8.98. The van der Waals surface area contributed by atoms with Gasteiger partial charge in [0.1, 0.15) is 0 Å². The van der Waals surface area contributed by atoms with Crippen molar-refractivity contribution in [3.8, 4) is 0 Å². The number of rotatable bonds is 2. The third-order valence-corrected chi connectivity index (χ3v) is 1.91. The quantitative estimate of drug-likeness (QED) is 0.649. The highest BCUT2D eigenvalue weighted by Crippen LogP contribution is 2.13. The van der Waals surface area contributed by atoms with Crippen molar-refractivity contribution >= 4 is 6.08 Å². The van der Waals surface area contributed by atoms with Crippen molar-refractivity contribution in [2.24, 2.45) is 0 Å². The maximum Gasteiger partial charge on any atom is 0.0303 e. The molecule has 0 radical (unpaired) electrons. The van der Waals surface area contributed by atoms with Gasteiger partial charge in [0.05, 0.1) is 0 Å². The maximum atomic E-state index is 4.12. The minimum atomic E-state index is 1.08. The highest BCUT2D eigenvalue weighted by molar-refractivity contribution is 5.56. The first-order chi connectivity index (χ1) is 5.75. The van der Waals surface area contributed by atoms with E-state index in [9.17, 15) is 0 Å². The van der Waals surface area contributed by atoms with Gasteiger partial charge >= 0.3 is 0 Å². The van der Waals surface area contributed by atoms with Gasteiger partial charge in [-0.3, -0.25) is 4.98 Å². The van der Waals surface area contributed by atoms with E-state index in [0.717, 1.165) is 6.42 Å². The van der Waals surface area contributed by atoms with Crippen molar-refractivity contribution in [3.63, 3.8) is 0 Å². The summed E-state index contributed by atoms with van der Waals surface area (Å²) in [6.07, 6.45) is 9.24. The Hall–Kier alpha value is -1.11. The number of aromatic nitrogens is 1. The Bertz CT molecular complexity index is 267. The van der Waals surface area contributed by atoms with Gasteiger partial charge in [-0.1, -0.05) is 19.1 Å². The highest BCUT2D eigenvalue weighted by Gasteiger charge is 1.96. The molecule has 0 unspecified atom stereocenters. The number of aryl methyl sites for hydroxylation is 2. The van der Waals surface area contributed by atoms with Crippen molar-refractivity contribution < 1.29 is 0 Å². The topological polar surface area (TPSA) is 12.9 Å². The van der Waals surface area contributed by atoms with Crippen molar-refractivity contribution in [1.29, 1.82) is 0 Å². The molecule has 1 aromatic heterocycles. The van der Waals surface area contributed by atoms with Crippen molar-refractivity contribution in [2.75, 3.05) is 0 Å². The predicted molar refractivity (Wildman–Crippen MR) is 53.0 cm³/mol. The smallest absolute Gasteiger partial charge is 0.0303 e. The fourth-order valence-corrected chi connectivity index (χ4v) is 1.21. The number of hydrogen-bond donors (Lipinski definition) is 0. The van der Waals surface area contributed by atoms with Crippen LogP contribution in [0.3, 0.4) is 0 Å². The molecule has 0 bridgehead atoms. The third kappa shape index (κ3) is 1.94. The van der Waals surface area contributed by atoms with Crippen LogP contribution in [0.15, 0.2) is 18.5 Å². The number of pyridine rings is 1. The molecule has 12 heavy (non-hydrogen) atoms. The van der Waals surface area contributed by atoms with Crippen LogP contribution in [0.25, 0.3) is 6.08 Å². The Morgan fingerprint density at radius 2 is 1.83 bits per heavy atom. The molecule has 1 heteroatoms. The van der Waals surface area contributed by atoms with E-state index < -0.39 is 0 Å².